The normalized spacial score (nSPS) is 8.06. The molecule has 1 heteroatoms. The van der Waals surface area contributed by atoms with Crippen LogP contribution in [0.2, 0.25) is 0 Å². The quantitative estimate of drug-likeness (QED) is 0.739. The van der Waals surface area contributed by atoms with Gasteiger partial charge >= 0.3 is 0 Å². The van der Waals surface area contributed by atoms with Crippen LogP contribution in [0.3, 0.4) is 0 Å². The van der Waals surface area contributed by atoms with Gasteiger partial charge in [-0.2, -0.15) is 0 Å². The molecule has 0 fully saturated rings. The van der Waals surface area contributed by atoms with Gasteiger partial charge < -0.3 is 5.32 Å². The van der Waals surface area contributed by atoms with Crippen LogP contribution in [0.5, 0.6) is 0 Å². The highest BCUT2D eigenvalue weighted by Crippen LogP contribution is 2.11. The summed E-state index contributed by atoms with van der Waals surface area (Å²) in [4.78, 5) is 0. The van der Waals surface area contributed by atoms with E-state index in [1.54, 1.807) is 0 Å². The number of nitrogens with one attached hydrogen (secondary N) is 1. The summed E-state index contributed by atoms with van der Waals surface area (Å²) in [6, 6.07) is 8.48. The van der Waals surface area contributed by atoms with Crippen molar-refractivity contribution in [3.63, 3.8) is 0 Å². The van der Waals surface area contributed by atoms with E-state index < -0.39 is 0 Å². The topological polar surface area (TPSA) is 12.0 Å². The predicted octanol–water partition coefficient (Wildman–Crippen LogP) is 5.20. The Kier molecular flexibility index (Phi) is 11.0. The van der Waals surface area contributed by atoms with Gasteiger partial charge in [-0.3, -0.25) is 0 Å². The lowest BCUT2D eigenvalue weighted by Crippen LogP contribution is -1.95. The maximum atomic E-state index is 3.27. The highest BCUT2D eigenvalue weighted by atomic mass is 14.8. The van der Waals surface area contributed by atoms with Crippen molar-refractivity contribution in [1.82, 2.24) is 0 Å². The van der Waals surface area contributed by atoms with Crippen molar-refractivity contribution in [2.24, 2.45) is 0 Å². The Morgan fingerprint density at radius 2 is 1.62 bits per heavy atom. The molecule has 92 valence electrons. The summed E-state index contributed by atoms with van der Waals surface area (Å²) in [5.74, 6) is 0. The van der Waals surface area contributed by atoms with Gasteiger partial charge in [-0.1, -0.05) is 45.1 Å². The fourth-order valence-electron chi connectivity index (χ4n) is 1.23. The summed E-state index contributed by atoms with van der Waals surface area (Å²) in [7, 11) is 0. The van der Waals surface area contributed by atoms with E-state index in [0.717, 1.165) is 6.54 Å². The van der Waals surface area contributed by atoms with E-state index in [-0.39, 0.29) is 7.43 Å². The van der Waals surface area contributed by atoms with Gasteiger partial charge in [0.25, 0.3) is 0 Å². The van der Waals surface area contributed by atoms with Gasteiger partial charge in [0.15, 0.2) is 0 Å². The molecule has 0 spiro atoms. The minimum absolute atomic E-state index is 0. The van der Waals surface area contributed by atoms with Crippen LogP contribution in [0.25, 0.3) is 6.08 Å². The SMILES string of the molecule is C.CC.CCNc1ccc(C=C(C)C)cc1. The Bertz CT molecular complexity index is 279. The minimum Gasteiger partial charge on any atom is -0.385 e. The summed E-state index contributed by atoms with van der Waals surface area (Å²) in [5.41, 5.74) is 3.78. The Hall–Kier alpha value is -1.24. The minimum atomic E-state index is 0. The van der Waals surface area contributed by atoms with Crippen molar-refractivity contribution in [1.29, 1.82) is 0 Å². The molecule has 0 heterocycles. The highest BCUT2D eigenvalue weighted by molar-refractivity contribution is 5.56. The van der Waals surface area contributed by atoms with Crippen molar-refractivity contribution >= 4 is 11.8 Å². The van der Waals surface area contributed by atoms with Gasteiger partial charge in [0.05, 0.1) is 0 Å². The van der Waals surface area contributed by atoms with Crippen molar-refractivity contribution in [3.8, 4) is 0 Å². The fraction of sp³-hybridized carbons (Fsp3) is 0.467. The number of rotatable bonds is 3. The average molecular weight is 221 g/mol. The smallest absolute Gasteiger partial charge is 0.0340 e. The maximum Gasteiger partial charge on any atom is 0.0340 e. The lowest BCUT2D eigenvalue weighted by molar-refractivity contribution is 1.21. The van der Waals surface area contributed by atoms with E-state index in [4.69, 9.17) is 0 Å². The Morgan fingerprint density at radius 3 is 2.00 bits per heavy atom. The van der Waals surface area contributed by atoms with E-state index in [1.807, 2.05) is 13.8 Å². The first-order valence-electron chi connectivity index (χ1n) is 5.71. The molecule has 0 aliphatic rings. The third kappa shape index (κ3) is 7.10. The Labute approximate surface area is 102 Å². The first-order valence-corrected chi connectivity index (χ1v) is 5.71. The predicted molar refractivity (Wildman–Crippen MR) is 78.0 cm³/mol. The van der Waals surface area contributed by atoms with Gasteiger partial charge in [0, 0.05) is 12.2 Å². The number of allylic oxidation sites excluding steroid dienone is 1. The highest BCUT2D eigenvalue weighted by Gasteiger charge is 1.89. The number of hydrogen-bond donors (Lipinski definition) is 1. The van der Waals surface area contributed by atoms with Crippen LogP contribution < -0.4 is 5.32 Å². The molecular formula is C15H27N. The van der Waals surface area contributed by atoms with Gasteiger partial charge in [-0.25, -0.2) is 0 Å². The molecule has 0 saturated heterocycles. The molecule has 0 unspecified atom stereocenters. The van der Waals surface area contributed by atoms with E-state index in [0.29, 0.717) is 0 Å². The van der Waals surface area contributed by atoms with Gasteiger partial charge in [-0.15, -0.1) is 0 Å². The number of benzene rings is 1. The average Bonchev–Trinajstić information content (AvgIpc) is 2.24. The molecule has 0 amide bonds. The standard InChI is InChI=1S/C12H17N.C2H6.CH4/c1-4-13-12-7-5-11(6-8-12)9-10(2)3;1-2;/h5-9,13H,4H2,1-3H3;1-2H3;1H4. The fourth-order valence-corrected chi connectivity index (χ4v) is 1.23. The van der Waals surface area contributed by atoms with Crippen molar-refractivity contribution < 1.29 is 0 Å². The third-order valence-corrected chi connectivity index (χ3v) is 1.75. The molecule has 0 aromatic heterocycles. The molecule has 0 aliphatic heterocycles. The van der Waals surface area contributed by atoms with Crippen molar-refractivity contribution in [3.05, 3.63) is 35.4 Å². The van der Waals surface area contributed by atoms with E-state index in [9.17, 15) is 0 Å². The lowest BCUT2D eigenvalue weighted by Gasteiger charge is -2.02. The molecule has 1 N–H and O–H groups in total. The summed E-state index contributed by atoms with van der Waals surface area (Å²) in [6.07, 6.45) is 2.18. The zero-order valence-electron chi connectivity index (χ0n) is 10.6. The van der Waals surface area contributed by atoms with Crippen LogP contribution in [0.4, 0.5) is 5.69 Å². The molecule has 0 radical (unpaired) electrons. The second-order valence-corrected chi connectivity index (χ2v) is 3.37. The van der Waals surface area contributed by atoms with Crippen LogP contribution in [-0.2, 0) is 0 Å². The number of hydrogen-bond acceptors (Lipinski definition) is 1. The molecular weight excluding hydrogens is 194 g/mol. The zero-order valence-corrected chi connectivity index (χ0v) is 10.6. The van der Waals surface area contributed by atoms with Crippen molar-refractivity contribution in [2.45, 2.75) is 42.0 Å². The molecule has 0 bridgehead atoms. The molecule has 1 rings (SSSR count). The maximum absolute atomic E-state index is 3.27. The first kappa shape index (κ1) is 17.2. The van der Waals surface area contributed by atoms with Crippen LogP contribution in [0.1, 0.15) is 47.6 Å². The van der Waals surface area contributed by atoms with Crippen molar-refractivity contribution in [2.75, 3.05) is 11.9 Å². The Morgan fingerprint density at radius 1 is 1.12 bits per heavy atom. The second kappa shape index (κ2) is 10.3. The molecule has 1 nitrogen and oxygen atoms in total. The number of anilines is 1. The van der Waals surface area contributed by atoms with E-state index in [1.165, 1.54) is 16.8 Å². The molecule has 0 atom stereocenters. The lowest BCUT2D eigenvalue weighted by atomic mass is 10.1. The van der Waals surface area contributed by atoms with Gasteiger partial charge in [0.1, 0.15) is 0 Å². The zero-order chi connectivity index (χ0) is 11.7. The van der Waals surface area contributed by atoms with E-state index in [2.05, 4.69) is 56.4 Å². The largest absolute Gasteiger partial charge is 0.385 e. The van der Waals surface area contributed by atoms with Crippen LogP contribution >= 0.6 is 0 Å². The van der Waals surface area contributed by atoms with Gasteiger partial charge in [0.2, 0.25) is 0 Å². The summed E-state index contributed by atoms with van der Waals surface area (Å²) < 4.78 is 0. The molecule has 16 heavy (non-hydrogen) atoms. The molecule has 0 aliphatic carbocycles. The second-order valence-electron chi connectivity index (χ2n) is 3.37. The Balaban J connectivity index is 0. The van der Waals surface area contributed by atoms with Crippen LogP contribution in [0.15, 0.2) is 29.8 Å². The molecule has 1 aromatic carbocycles. The van der Waals surface area contributed by atoms with E-state index >= 15 is 0 Å². The monoisotopic (exact) mass is 221 g/mol. The van der Waals surface area contributed by atoms with Crippen LogP contribution in [-0.4, -0.2) is 6.54 Å². The molecule has 0 saturated carbocycles. The summed E-state index contributed by atoms with van der Waals surface area (Å²) in [5, 5.41) is 3.27. The van der Waals surface area contributed by atoms with Crippen LogP contribution in [0, 0.1) is 0 Å². The van der Waals surface area contributed by atoms with Gasteiger partial charge in [-0.05, 0) is 38.5 Å². The molecule has 1 aromatic rings. The summed E-state index contributed by atoms with van der Waals surface area (Å²) >= 11 is 0. The third-order valence-electron chi connectivity index (χ3n) is 1.75. The first-order chi connectivity index (χ1) is 7.22. The summed E-state index contributed by atoms with van der Waals surface area (Å²) in [6.45, 7) is 11.3.